The molecule has 4 nitrogen and oxygen atoms in total. The van der Waals surface area contributed by atoms with Crippen molar-refractivity contribution in [2.24, 2.45) is 0 Å². The molecule has 0 aromatic carbocycles. The van der Waals surface area contributed by atoms with E-state index in [-0.39, 0.29) is 12.6 Å². The maximum absolute atomic E-state index is 12.3. The van der Waals surface area contributed by atoms with Crippen molar-refractivity contribution in [2.45, 2.75) is 33.2 Å². The van der Waals surface area contributed by atoms with Gasteiger partial charge < -0.3 is 10.6 Å². The SMILES string of the molecule is Cc1nn(C(C)C)c(N(C)CC(F)F)c1N. The molecule has 0 amide bonds. The lowest BCUT2D eigenvalue weighted by Crippen LogP contribution is -2.27. The third-order valence-electron chi connectivity index (χ3n) is 2.37. The quantitative estimate of drug-likeness (QED) is 0.864. The van der Waals surface area contributed by atoms with E-state index in [2.05, 4.69) is 5.10 Å². The van der Waals surface area contributed by atoms with Crippen molar-refractivity contribution in [1.82, 2.24) is 9.78 Å². The van der Waals surface area contributed by atoms with E-state index in [1.54, 1.807) is 18.7 Å². The van der Waals surface area contributed by atoms with E-state index in [1.165, 1.54) is 4.90 Å². The summed E-state index contributed by atoms with van der Waals surface area (Å²) in [5.41, 5.74) is 6.99. The van der Waals surface area contributed by atoms with E-state index < -0.39 is 6.43 Å². The summed E-state index contributed by atoms with van der Waals surface area (Å²) in [5, 5.41) is 4.24. The maximum atomic E-state index is 12.3. The molecule has 0 fully saturated rings. The Morgan fingerprint density at radius 3 is 2.44 bits per heavy atom. The van der Waals surface area contributed by atoms with Gasteiger partial charge in [0.2, 0.25) is 0 Å². The van der Waals surface area contributed by atoms with Crippen molar-refractivity contribution in [3.63, 3.8) is 0 Å². The number of hydrogen-bond donors (Lipinski definition) is 1. The van der Waals surface area contributed by atoms with Crippen LogP contribution in [0.2, 0.25) is 0 Å². The van der Waals surface area contributed by atoms with Crippen LogP contribution in [0.15, 0.2) is 0 Å². The van der Waals surface area contributed by atoms with E-state index in [9.17, 15) is 8.78 Å². The molecule has 92 valence electrons. The standard InChI is InChI=1S/C10H18F2N4/c1-6(2)16-10(9(13)7(3)14-16)15(4)5-8(11)12/h6,8H,5,13H2,1-4H3. The molecule has 0 aliphatic rings. The minimum atomic E-state index is -2.39. The molecule has 6 heteroatoms. The topological polar surface area (TPSA) is 47.1 Å². The Labute approximate surface area is 94.0 Å². The van der Waals surface area contributed by atoms with Crippen molar-refractivity contribution >= 4 is 11.5 Å². The molecule has 0 radical (unpaired) electrons. The van der Waals surface area contributed by atoms with E-state index in [0.29, 0.717) is 17.2 Å². The number of hydrogen-bond acceptors (Lipinski definition) is 3. The summed E-state index contributed by atoms with van der Waals surface area (Å²) in [6.07, 6.45) is -2.39. The van der Waals surface area contributed by atoms with Crippen molar-refractivity contribution in [3.05, 3.63) is 5.69 Å². The van der Waals surface area contributed by atoms with E-state index in [0.717, 1.165) is 0 Å². The van der Waals surface area contributed by atoms with Crippen LogP contribution in [-0.4, -0.2) is 29.8 Å². The van der Waals surface area contributed by atoms with Crippen LogP contribution in [0.3, 0.4) is 0 Å². The van der Waals surface area contributed by atoms with E-state index >= 15 is 0 Å². The van der Waals surface area contributed by atoms with Gasteiger partial charge in [0.25, 0.3) is 6.43 Å². The molecule has 1 aromatic heterocycles. The van der Waals surface area contributed by atoms with Gasteiger partial charge in [-0.25, -0.2) is 13.5 Å². The number of alkyl halides is 2. The lowest BCUT2D eigenvalue weighted by molar-refractivity contribution is 0.156. The summed E-state index contributed by atoms with van der Waals surface area (Å²) in [6, 6.07) is 0.0890. The van der Waals surface area contributed by atoms with Gasteiger partial charge in [0.05, 0.1) is 17.9 Å². The first-order valence-electron chi connectivity index (χ1n) is 5.18. The van der Waals surface area contributed by atoms with Crippen LogP contribution >= 0.6 is 0 Å². The number of rotatable bonds is 4. The molecule has 0 saturated carbocycles. The fraction of sp³-hybridized carbons (Fsp3) is 0.700. The van der Waals surface area contributed by atoms with Gasteiger partial charge in [-0.2, -0.15) is 5.10 Å². The van der Waals surface area contributed by atoms with Gasteiger partial charge in [-0.15, -0.1) is 0 Å². The minimum Gasteiger partial charge on any atom is -0.394 e. The number of nitrogen functional groups attached to an aromatic ring is 1. The largest absolute Gasteiger partial charge is 0.394 e. The first-order chi connectivity index (χ1) is 7.34. The highest BCUT2D eigenvalue weighted by molar-refractivity contribution is 5.66. The third kappa shape index (κ3) is 2.43. The van der Waals surface area contributed by atoms with Crippen molar-refractivity contribution < 1.29 is 8.78 Å². The lowest BCUT2D eigenvalue weighted by atomic mass is 10.3. The normalized spacial score (nSPS) is 11.5. The molecule has 1 heterocycles. The summed E-state index contributed by atoms with van der Waals surface area (Å²) in [7, 11) is 1.60. The number of anilines is 2. The van der Waals surface area contributed by atoms with Crippen LogP contribution in [0, 0.1) is 6.92 Å². The predicted molar refractivity (Wildman–Crippen MR) is 61.0 cm³/mol. The van der Waals surface area contributed by atoms with E-state index in [4.69, 9.17) is 5.73 Å². The molecule has 0 aliphatic carbocycles. The zero-order chi connectivity index (χ0) is 12.5. The predicted octanol–water partition coefficient (Wildman–Crippen LogP) is 2.06. The second kappa shape index (κ2) is 4.67. The molecule has 0 bridgehead atoms. The molecule has 0 spiro atoms. The van der Waals surface area contributed by atoms with Gasteiger partial charge in [0.1, 0.15) is 0 Å². The summed E-state index contributed by atoms with van der Waals surface area (Å²) in [4.78, 5) is 1.44. The molecule has 16 heavy (non-hydrogen) atoms. The summed E-state index contributed by atoms with van der Waals surface area (Å²) < 4.78 is 26.3. The Morgan fingerprint density at radius 2 is 2.00 bits per heavy atom. The van der Waals surface area contributed by atoms with Crippen LogP contribution in [0.1, 0.15) is 25.6 Å². The number of nitrogens with two attached hydrogens (primary N) is 1. The van der Waals surface area contributed by atoms with Crippen LogP contribution in [0.25, 0.3) is 0 Å². The second-order valence-electron chi connectivity index (χ2n) is 4.13. The number of aromatic nitrogens is 2. The van der Waals surface area contributed by atoms with Gasteiger partial charge in [-0.05, 0) is 20.8 Å². The van der Waals surface area contributed by atoms with Crippen molar-refractivity contribution in [2.75, 3.05) is 24.2 Å². The van der Waals surface area contributed by atoms with E-state index in [1.807, 2.05) is 13.8 Å². The zero-order valence-electron chi connectivity index (χ0n) is 10.0. The summed E-state index contributed by atoms with van der Waals surface area (Å²) in [5.74, 6) is 0.563. The van der Waals surface area contributed by atoms with Crippen LogP contribution in [-0.2, 0) is 0 Å². The molecule has 1 aromatic rings. The van der Waals surface area contributed by atoms with Crippen molar-refractivity contribution in [3.8, 4) is 0 Å². The number of nitrogens with zero attached hydrogens (tertiary/aromatic N) is 3. The molecule has 0 unspecified atom stereocenters. The molecule has 0 aliphatic heterocycles. The molecular formula is C10H18F2N4. The monoisotopic (exact) mass is 232 g/mol. The fourth-order valence-corrected chi connectivity index (χ4v) is 1.58. The Bertz CT molecular complexity index is 360. The smallest absolute Gasteiger partial charge is 0.255 e. The Hall–Kier alpha value is -1.33. The molecular weight excluding hydrogens is 214 g/mol. The summed E-state index contributed by atoms with van der Waals surface area (Å²) in [6.45, 7) is 5.30. The van der Waals surface area contributed by atoms with Gasteiger partial charge in [-0.3, -0.25) is 0 Å². The molecule has 0 saturated heterocycles. The van der Waals surface area contributed by atoms with Crippen LogP contribution < -0.4 is 10.6 Å². The van der Waals surface area contributed by atoms with Crippen LogP contribution in [0.5, 0.6) is 0 Å². The van der Waals surface area contributed by atoms with Gasteiger partial charge >= 0.3 is 0 Å². The minimum absolute atomic E-state index is 0.0890. The average molecular weight is 232 g/mol. The Kier molecular flexibility index (Phi) is 3.72. The second-order valence-corrected chi connectivity index (χ2v) is 4.13. The highest BCUT2D eigenvalue weighted by Crippen LogP contribution is 2.28. The third-order valence-corrected chi connectivity index (χ3v) is 2.37. The molecule has 2 N–H and O–H groups in total. The van der Waals surface area contributed by atoms with Gasteiger partial charge in [0, 0.05) is 13.1 Å². The maximum Gasteiger partial charge on any atom is 0.255 e. The average Bonchev–Trinajstić information content (AvgIpc) is 2.42. The number of halogens is 2. The highest BCUT2D eigenvalue weighted by Gasteiger charge is 2.20. The Morgan fingerprint density at radius 1 is 1.44 bits per heavy atom. The van der Waals surface area contributed by atoms with Gasteiger partial charge in [0.15, 0.2) is 5.82 Å². The first-order valence-corrected chi connectivity index (χ1v) is 5.18. The fourth-order valence-electron chi connectivity index (χ4n) is 1.58. The lowest BCUT2D eigenvalue weighted by Gasteiger charge is -2.22. The molecule has 0 atom stereocenters. The highest BCUT2D eigenvalue weighted by atomic mass is 19.3. The molecule has 1 rings (SSSR count). The van der Waals surface area contributed by atoms with Gasteiger partial charge in [-0.1, -0.05) is 0 Å². The summed E-state index contributed by atoms with van der Waals surface area (Å²) >= 11 is 0. The zero-order valence-corrected chi connectivity index (χ0v) is 10.0. The Balaban J connectivity index is 3.09. The van der Waals surface area contributed by atoms with Crippen LogP contribution in [0.4, 0.5) is 20.3 Å². The number of aryl methyl sites for hydroxylation is 1. The van der Waals surface area contributed by atoms with Crippen molar-refractivity contribution in [1.29, 1.82) is 0 Å². The first kappa shape index (κ1) is 12.7.